The predicted octanol–water partition coefficient (Wildman–Crippen LogP) is 7.94. The maximum Gasteiger partial charge on any atom is 0.138 e. The van der Waals surface area contributed by atoms with E-state index in [4.69, 9.17) is 9.47 Å². The summed E-state index contributed by atoms with van der Waals surface area (Å²) >= 11 is 0. The second-order valence-corrected chi connectivity index (χ2v) is 8.03. The summed E-state index contributed by atoms with van der Waals surface area (Å²) in [6.07, 6.45) is 0. The van der Waals surface area contributed by atoms with Crippen LogP contribution in [0.1, 0.15) is 0 Å². The first-order valence-electron chi connectivity index (χ1n) is 10.8. The van der Waals surface area contributed by atoms with E-state index in [0.29, 0.717) is 0 Å². The summed E-state index contributed by atoms with van der Waals surface area (Å²) in [5, 5.41) is 7.09. The smallest absolute Gasteiger partial charge is 0.138 e. The highest BCUT2D eigenvalue weighted by molar-refractivity contribution is 6.29. The van der Waals surface area contributed by atoms with Crippen molar-refractivity contribution in [3.8, 4) is 33.8 Å². The fourth-order valence-corrected chi connectivity index (χ4v) is 5.06. The van der Waals surface area contributed by atoms with Gasteiger partial charge in [0.25, 0.3) is 0 Å². The van der Waals surface area contributed by atoms with Crippen molar-refractivity contribution in [1.29, 1.82) is 0 Å². The van der Waals surface area contributed by atoms with Crippen LogP contribution in [-0.4, -0.2) is 14.2 Å². The van der Waals surface area contributed by atoms with Crippen LogP contribution < -0.4 is 9.47 Å². The minimum Gasteiger partial charge on any atom is -0.495 e. The van der Waals surface area contributed by atoms with Gasteiger partial charge >= 0.3 is 0 Å². The lowest BCUT2D eigenvalue weighted by Gasteiger charge is -2.21. The van der Waals surface area contributed by atoms with Crippen LogP contribution in [0.2, 0.25) is 0 Å². The van der Waals surface area contributed by atoms with E-state index in [1.807, 2.05) is 18.2 Å². The summed E-state index contributed by atoms with van der Waals surface area (Å²) in [6, 6.07) is 34.1. The van der Waals surface area contributed by atoms with Crippen LogP contribution in [0.25, 0.3) is 54.6 Å². The van der Waals surface area contributed by atoms with Crippen molar-refractivity contribution in [2.24, 2.45) is 0 Å². The topological polar surface area (TPSA) is 18.5 Å². The molecular formula is C30H22O2. The molecule has 0 atom stereocenters. The second kappa shape index (κ2) is 7.28. The van der Waals surface area contributed by atoms with Crippen LogP contribution >= 0.6 is 0 Å². The average molecular weight is 415 g/mol. The maximum absolute atomic E-state index is 6.03. The first kappa shape index (κ1) is 18.7. The second-order valence-electron chi connectivity index (χ2n) is 8.03. The standard InChI is InChI=1S/C30H22O2/c1-31-29-24-16-14-21-13-15-22(19-9-5-3-6-10-19)23-17-18-25(28(24)26(21)23)30(32-2)27(29)20-11-7-4-8-12-20/h3-18H,1-2H3. The van der Waals surface area contributed by atoms with Gasteiger partial charge in [-0.05, 0) is 45.0 Å². The van der Waals surface area contributed by atoms with Crippen LogP contribution in [0, 0.1) is 0 Å². The van der Waals surface area contributed by atoms with E-state index in [-0.39, 0.29) is 0 Å². The Labute approximate surface area is 187 Å². The van der Waals surface area contributed by atoms with Crippen molar-refractivity contribution in [1.82, 2.24) is 0 Å². The van der Waals surface area contributed by atoms with Gasteiger partial charge in [-0.15, -0.1) is 0 Å². The maximum atomic E-state index is 6.03. The fourth-order valence-electron chi connectivity index (χ4n) is 5.06. The lowest BCUT2D eigenvalue weighted by molar-refractivity contribution is 0.404. The van der Waals surface area contributed by atoms with Crippen LogP contribution in [0.15, 0.2) is 97.1 Å². The van der Waals surface area contributed by atoms with Gasteiger partial charge in [-0.2, -0.15) is 0 Å². The zero-order chi connectivity index (χ0) is 21.7. The molecule has 0 aromatic heterocycles. The first-order chi connectivity index (χ1) is 15.8. The van der Waals surface area contributed by atoms with Gasteiger partial charge in [-0.3, -0.25) is 0 Å². The number of benzene rings is 6. The van der Waals surface area contributed by atoms with Crippen molar-refractivity contribution in [3.05, 3.63) is 97.1 Å². The van der Waals surface area contributed by atoms with Crippen molar-refractivity contribution in [3.63, 3.8) is 0 Å². The number of hydrogen-bond donors (Lipinski definition) is 0. The predicted molar refractivity (Wildman–Crippen MR) is 134 cm³/mol. The third kappa shape index (κ3) is 2.59. The zero-order valence-electron chi connectivity index (χ0n) is 18.1. The zero-order valence-corrected chi connectivity index (χ0v) is 18.1. The number of methoxy groups -OCH3 is 2. The van der Waals surface area contributed by atoms with E-state index >= 15 is 0 Å². The third-order valence-corrected chi connectivity index (χ3v) is 6.41. The molecule has 0 amide bonds. The molecule has 6 aromatic carbocycles. The van der Waals surface area contributed by atoms with Gasteiger partial charge in [0.1, 0.15) is 11.5 Å². The molecule has 6 aromatic rings. The molecule has 0 aliphatic heterocycles. The molecule has 0 fully saturated rings. The lowest BCUT2D eigenvalue weighted by Crippen LogP contribution is -1.97. The van der Waals surface area contributed by atoms with Gasteiger partial charge in [0.2, 0.25) is 0 Å². The van der Waals surface area contributed by atoms with Gasteiger partial charge in [-0.1, -0.05) is 84.9 Å². The molecule has 0 saturated heterocycles. The first-order valence-corrected chi connectivity index (χ1v) is 10.8. The molecule has 0 radical (unpaired) electrons. The molecular weight excluding hydrogens is 392 g/mol. The molecule has 0 aliphatic carbocycles. The van der Waals surface area contributed by atoms with Crippen molar-refractivity contribution >= 4 is 32.3 Å². The van der Waals surface area contributed by atoms with Gasteiger partial charge in [0, 0.05) is 16.2 Å². The highest BCUT2D eigenvalue weighted by Crippen LogP contribution is 2.51. The van der Waals surface area contributed by atoms with Crippen LogP contribution in [0.5, 0.6) is 11.5 Å². The van der Waals surface area contributed by atoms with Gasteiger partial charge < -0.3 is 9.47 Å². The Hall–Kier alpha value is -4.04. The SMILES string of the molecule is COc1c(-c2ccccc2)c(OC)c2ccc3c(-c4ccccc4)ccc4ccc1c2c43. The molecule has 154 valence electrons. The number of hydrogen-bond acceptors (Lipinski definition) is 2. The monoisotopic (exact) mass is 414 g/mol. The molecule has 0 unspecified atom stereocenters. The van der Waals surface area contributed by atoms with Crippen molar-refractivity contribution in [2.45, 2.75) is 0 Å². The van der Waals surface area contributed by atoms with Crippen LogP contribution in [0.3, 0.4) is 0 Å². The summed E-state index contributed by atoms with van der Waals surface area (Å²) < 4.78 is 12.1. The average Bonchev–Trinajstić information content (AvgIpc) is 2.87. The minimum absolute atomic E-state index is 0.847. The molecule has 2 heteroatoms. The molecule has 0 N–H and O–H groups in total. The van der Waals surface area contributed by atoms with Crippen LogP contribution in [0.4, 0.5) is 0 Å². The Morgan fingerprint density at radius 3 is 1.62 bits per heavy atom. The van der Waals surface area contributed by atoms with Gasteiger partial charge in [0.15, 0.2) is 0 Å². The van der Waals surface area contributed by atoms with E-state index in [0.717, 1.165) is 33.4 Å². The van der Waals surface area contributed by atoms with Crippen molar-refractivity contribution < 1.29 is 9.47 Å². The quantitative estimate of drug-likeness (QED) is 0.273. The van der Waals surface area contributed by atoms with E-state index in [9.17, 15) is 0 Å². The third-order valence-electron chi connectivity index (χ3n) is 6.41. The van der Waals surface area contributed by atoms with E-state index in [1.165, 1.54) is 32.7 Å². The van der Waals surface area contributed by atoms with Gasteiger partial charge in [0.05, 0.1) is 19.8 Å². The molecule has 6 rings (SSSR count). The Morgan fingerprint density at radius 1 is 0.469 bits per heavy atom. The van der Waals surface area contributed by atoms with Crippen molar-refractivity contribution in [2.75, 3.05) is 14.2 Å². The number of rotatable bonds is 4. The highest BCUT2D eigenvalue weighted by Gasteiger charge is 2.23. The summed E-state index contributed by atoms with van der Waals surface area (Å²) in [4.78, 5) is 0. The summed E-state index contributed by atoms with van der Waals surface area (Å²) in [5.41, 5.74) is 4.52. The lowest BCUT2D eigenvalue weighted by atomic mass is 9.87. The van der Waals surface area contributed by atoms with E-state index < -0.39 is 0 Å². The normalized spacial score (nSPS) is 11.4. The van der Waals surface area contributed by atoms with E-state index in [1.54, 1.807) is 14.2 Å². The Morgan fingerprint density at radius 2 is 1.00 bits per heavy atom. The summed E-state index contributed by atoms with van der Waals surface area (Å²) in [7, 11) is 3.49. The Bertz CT molecular complexity index is 1540. The molecule has 0 bridgehead atoms. The number of ether oxygens (including phenoxy) is 2. The summed E-state index contributed by atoms with van der Waals surface area (Å²) in [5.74, 6) is 1.69. The molecule has 0 spiro atoms. The molecule has 0 aliphatic rings. The van der Waals surface area contributed by atoms with Gasteiger partial charge in [-0.25, -0.2) is 0 Å². The molecule has 0 heterocycles. The largest absolute Gasteiger partial charge is 0.495 e. The Kier molecular flexibility index (Phi) is 4.26. The Balaban J connectivity index is 1.81. The van der Waals surface area contributed by atoms with E-state index in [2.05, 4.69) is 78.9 Å². The summed E-state index contributed by atoms with van der Waals surface area (Å²) in [6.45, 7) is 0. The molecule has 32 heavy (non-hydrogen) atoms. The minimum atomic E-state index is 0.847. The fraction of sp³-hybridized carbons (Fsp3) is 0.0667. The molecule has 0 saturated carbocycles. The highest BCUT2D eigenvalue weighted by atomic mass is 16.5. The van der Waals surface area contributed by atoms with Crippen LogP contribution in [-0.2, 0) is 0 Å². The molecule has 2 nitrogen and oxygen atoms in total.